The molecule has 0 aromatic heterocycles. The van der Waals surface area contributed by atoms with E-state index < -0.39 is 18.0 Å². The van der Waals surface area contributed by atoms with Crippen LogP contribution in [0.1, 0.15) is 91.0 Å². The summed E-state index contributed by atoms with van der Waals surface area (Å²) in [5.41, 5.74) is -0.522. The highest BCUT2D eigenvalue weighted by atomic mass is 19.3. The fourth-order valence-electron chi connectivity index (χ4n) is 4.86. The van der Waals surface area contributed by atoms with E-state index in [2.05, 4.69) is 6.92 Å². The van der Waals surface area contributed by atoms with Gasteiger partial charge in [0.1, 0.15) is 0 Å². The molecule has 0 bridgehead atoms. The van der Waals surface area contributed by atoms with E-state index in [9.17, 15) is 18.0 Å². The minimum absolute atomic E-state index is 0.183. The van der Waals surface area contributed by atoms with Gasteiger partial charge in [0.05, 0.1) is 6.61 Å². The van der Waals surface area contributed by atoms with Gasteiger partial charge in [-0.25, -0.2) is 13.2 Å². The molecule has 1 aliphatic carbocycles. The SMILES string of the molecule is CCCC1(CCCC(=O)OC(C)(C)C(F)F)CC(CCCOc2ccc(CC)cc2F)C1. The predicted octanol–water partition coefficient (Wildman–Crippen LogP) is 7.50. The molecule has 0 saturated heterocycles. The lowest BCUT2D eigenvalue weighted by molar-refractivity contribution is -0.172. The van der Waals surface area contributed by atoms with Gasteiger partial charge in [-0.15, -0.1) is 0 Å². The highest BCUT2D eigenvalue weighted by Gasteiger charge is 2.42. The van der Waals surface area contributed by atoms with Crippen molar-refractivity contribution in [2.24, 2.45) is 11.3 Å². The van der Waals surface area contributed by atoms with Crippen molar-refractivity contribution in [3.63, 3.8) is 0 Å². The molecule has 0 spiro atoms. The lowest BCUT2D eigenvalue weighted by atomic mass is 9.57. The quantitative estimate of drug-likeness (QED) is 0.215. The normalized spacial score (nSPS) is 20.8. The largest absolute Gasteiger partial charge is 0.491 e. The molecule has 0 atom stereocenters. The lowest BCUT2D eigenvalue weighted by Crippen LogP contribution is -2.38. The van der Waals surface area contributed by atoms with Crippen molar-refractivity contribution in [2.45, 2.75) is 104 Å². The lowest BCUT2D eigenvalue weighted by Gasteiger charge is -2.49. The molecular weight excluding hydrogens is 417 g/mol. The van der Waals surface area contributed by atoms with E-state index in [1.807, 2.05) is 13.0 Å². The average Bonchev–Trinajstić information content (AvgIpc) is 2.69. The number of rotatable bonds is 14. The first-order chi connectivity index (χ1) is 15.1. The fourth-order valence-corrected chi connectivity index (χ4v) is 4.86. The minimum atomic E-state index is -2.69. The van der Waals surface area contributed by atoms with E-state index >= 15 is 0 Å². The third-order valence-electron chi connectivity index (χ3n) is 6.63. The fraction of sp³-hybridized carbons (Fsp3) is 0.731. The number of halogens is 3. The van der Waals surface area contributed by atoms with Gasteiger partial charge in [-0.3, -0.25) is 4.79 Å². The van der Waals surface area contributed by atoms with Crippen LogP contribution in [0.25, 0.3) is 0 Å². The van der Waals surface area contributed by atoms with E-state index in [-0.39, 0.29) is 17.7 Å². The van der Waals surface area contributed by atoms with E-state index in [1.165, 1.54) is 19.9 Å². The van der Waals surface area contributed by atoms with Crippen molar-refractivity contribution in [3.05, 3.63) is 29.6 Å². The Morgan fingerprint density at radius 1 is 1.19 bits per heavy atom. The summed E-state index contributed by atoms with van der Waals surface area (Å²) in [6, 6.07) is 5.13. The van der Waals surface area contributed by atoms with Gasteiger partial charge in [0.2, 0.25) is 0 Å². The summed E-state index contributed by atoms with van der Waals surface area (Å²) in [6.07, 6.45) is 6.26. The van der Waals surface area contributed by atoms with Gasteiger partial charge in [-0.05, 0) is 94.2 Å². The molecule has 182 valence electrons. The van der Waals surface area contributed by atoms with Crippen molar-refractivity contribution in [2.75, 3.05) is 6.61 Å². The van der Waals surface area contributed by atoms with Gasteiger partial charge in [0, 0.05) is 6.42 Å². The number of alkyl halides is 2. The van der Waals surface area contributed by atoms with Crippen molar-refractivity contribution < 1.29 is 27.4 Å². The number of esters is 1. The van der Waals surface area contributed by atoms with Crippen LogP contribution in [0.15, 0.2) is 18.2 Å². The molecule has 0 unspecified atom stereocenters. The Balaban J connectivity index is 1.68. The molecule has 6 heteroatoms. The Labute approximate surface area is 191 Å². The zero-order valence-corrected chi connectivity index (χ0v) is 20.0. The van der Waals surface area contributed by atoms with Gasteiger partial charge >= 0.3 is 5.97 Å². The zero-order chi connectivity index (χ0) is 23.8. The number of ether oxygens (including phenoxy) is 2. The Morgan fingerprint density at radius 3 is 2.50 bits per heavy atom. The van der Waals surface area contributed by atoms with E-state index in [4.69, 9.17) is 9.47 Å². The smallest absolute Gasteiger partial charge is 0.306 e. The van der Waals surface area contributed by atoms with Gasteiger partial charge in [-0.1, -0.05) is 26.3 Å². The van der Waals surface area contributed by atoms with Crippen LogP contribution in [0.5, 0.6) is 5.75 Å². The predicted molar refractivity (Wildman–Crippen MR) is 121 cm³/mol. The van der Waals surface area contributed by atoms with Crippen LogP contribution in [0, 0.1) is 17.2 Å². The second kappa shape index (κ2) is 11.9. The van der Waals surface area contributed by atoms with Crippen LogP contribution >= 0.6 is 0 Å². The molecule has 32 heavy (non-hydrogen) atoms. The molecule has 1 aromatic rings. The molecule has 1 aromatic carbocycles. The maximum absolute atomic E-state index is 14.0. The molecule has 2 rings (SSSR count). The molecule has 0 radical (unpaired) electrons. The Bertz CT molecular complexity index is 727. The number of hydrogen-bond donors (Lipinski definition) is 0. The first kappa shape index (κ1) is 26.5. The topological polar surface area (TPSA) is 35.5 Å². The van der Waals surface area contributed by atoms with Gasteiger partial charge < -0.3 is 9.47 Å². The zero-order valence-electron chi connectivity index (χ0n) is 20.0. The number of hydrogen-bond acceptors (Lipinski definition) is 3. The number of carbonyl (C=O) groups is 1. The van der Waals surface area contributed by atoms with Crippen LogP contribution in [0.2, 0.25) is 0 Å². The van der Waals surface area contributed by atoms with Crippen LogP contribution in [-0.4, -0.2) is 24.6 Å². The second-order valence-electron chi connectivity index (χ2n) is 9.87. The standard InChI is InChI=1S/C26H39F3O3/c1-5-13-26(14-7-10-23(30)32-25(3,4)24(28)29)17-20(18-26)9-8-15-31-22-12-11-19(6-2)16-21(22)27/h11-12,16,20,24H,5-10,13-15,17-18H2,1-4H3. The Hall–Kier alpha value is -1.72. The molecule has 0 N–H and O–H groups in total. The highest BCUT2D eigenvalue weighted by molar-refractivity contribution is 5.69. The maximum Gasteiger partial charge on any atom is 0.306 e. The Kier molecular flexibility index (Phi) is 9.90. The van der Waals surface area contributed by atoms with Crippen molar-refractivity contribution in [1.82, 2.24) is 0 Å². The van der Waals surface area contributed by atoms with Crippen LogP contribution < -0.4 is 4.74 Å². The van der Waals surface area contributed by atoms with Gasteiger partial charge in [0.25, 0.3) is 6.43 Å². The third kappa shape index (κ3) is 7.70. The molecule has 0 amide bonds. The van der Waals surface area contributed by atoms with Crippen LogP contribution in [0.4, 0.5) is 13.2 Å². The van der Waals surface area contributed by atoms with Crippen molar-refractivity contribution >= 4 is 5.97 Å². The molecular formula is C26H39F3O3. The first-order valence-corrected chi connectivity index (χ1v) is 12.0. The summed E-state index contributed by atoms with van der Waals surface area (Å²) < 4.78 is 50.3. The summed E-state index contributed by atoms with van der Waals surface area (Å²) in [7, 11) is 0. The molecule has 1 fully saturated rings. The first-order valence-electron chi connectivity index (χ1n) is 12.0. The minimum Gasteiger partial charge on any atom is -0.491 e. The molecule has 1 saturated carbocycles. The Morgan fingerprint density at radius 2 is 1.91 bits per heavy atom. The van der Waals surface area contributed by atoms with Gasteiger partial charge in [0.15, 0.2) is 17.2 Å². The highest BCUT2D eigenvalue weighted by Crippen LogP contribution is 2.53. The van der Waals surface area contributed by atoms with E-state index in [1.54, 1.807) is 6.07 Å². The number of benzene rings is 1. The maximum atomic E-state index is 14.0. The molecule has 0 heterocycles. The summed E-state index contributed by atoms with van der Waals surface area (Å²) in [6.45, 7) is 7.14. The summed E-state index contributed by atoms with van der Waals surface area (Å²) in [5, 5.41) is 0. The van der Waals surface area contributed by atoms with E-state index in [0.29, 0.717) is 24.7 Å². The number of carbonyl (C=O) groups excluding carboxylic acids is 1. The summed E-state index contributed by atoms with van der Waals surface area (Å²) >= 11 is 0. The van der Waals surface area contributed by atoms with Crippen LogP contribution in [0.3, 0.4) is 0 Å². The summed E-state index contributed by atoms with van der Waals surface area (Å²) in [4.78, 5) is 11.9. The number of aryl methyl sites for hydroxylation is 1. The summed E-state index contributed by atoms with van der Waals surface area (Å²) in [5.74, 6) is 0.0971. The van der Waals surface area contributed by atoms with Crippen molar-refractivity contribution in [1.29, 1.82) is 0 Å². The average molecular weight is 457 g/mol. The van der Waals surface area contributed by atoms with Crippen LogP contribution in [-0.2, 0) is 16.0 Å². The van der Waals surface area contributed by atoms with Crippen molar-refractivity contribution in [3.8, 4) is 5.75 Å². The third-order valence-corrected chi connectivity index (χ3v) is 6.63. The molecule has 3 nitrogen and oxygen atoms in total. The molecule has 0 aliphatic heterocycles. The molecule has 1 aliphatic rings. The van der Waals surface area contributed by atoms with Gasteiger partial charge in [-0.2, -0.15) is 0 Å². The van der Waals surface area contributed by atoms with E-state index in [0.717, 1.165) is 56.9 Å². The monoisotopic (exact) mass is 456 g/mol. The second-order valence-corrected chi connectivity index (χ2v) is 9.87.